The Balaban J connectivity index is 1.71. The van der Waals surface area contributed by atoms with E-state index < -0.39 is 36.6 Å². The molecule has 2 heterocycles. The van der Waals surface area contributed by atoms with E-state index in [4.69, 9.17) is 5.26 Å². The van der Waals surface area contributed by atoms with E-state index in [-0.39, 0.29) is 17.9 Å². The summed E-state index contributed by atoms with van der Waals surface area (Å²) in [6.45, 7) is 0.495. The monoisotopic (exact) mass is 429 g/mol. The van der Waals surface area contributed by atoms with Gasteiger partial charge in [-0.15, -0.1) is 0 Å². The molecule has 0 aromatic rings. The molecule has 2 aliphatic heterocycles. The standard InChI is InChI=1S/C19H26F3N5O3/c1-24(2)18(30)25-9-12-6-15(7-13(12)10-25)27(17(29)19(20,21)22)11-16(28)26-5-3-4-14(26)8-23/h12-15H,3-7,9-11H2,1-2H3/t12-,13+,14-,15-/m0/s1. The third kappa shape index (κ3) is 4.32. The highest BCUT2D eigenvalue weighted by atomic mass is 19.4. The number of carbonyl (C=O) groups excluding carboxylic acids is 3. The van der Waals surface area contributed by atoms with Crippen molar-refractivity contribution in [3.63, 3.8) is 0 Å². The van der Waals surface area contributed by atoms with Crippen LogP contribution in [0.25, 0.3) is 0 Å². The average molecular weight is 429 g/mol. The first-order valence-corrected chi connectivity index (χ1v) is 10.1. The van der Waals surface area contributed by atoms with Crippen LogP contribution in [0.1, 0.15) is 25.7 Å². The highest BCUT2D eigenvalue weighted by Gasteiger charge is 2.50. The minimum atomic E-state index is -5.08. The first-order chi connectivity index (χ1) is 14.0. The smallest absolute Gasteiger partial charge is 0.331 e. The first kappa shape index (κ1) is 22.2. The van der Waals surface area contributed by atoms with Crippen LogP contribution in [0.15, 0.2) is 0 Å². The van der Waals surface area contributed by atoms with Gasteiger partial charge in [0, 0.05) is 39.8 Å². The van der Waals surface area contributed by atoms with E-state index in [2.05, 4.69) is 0 Å². The number of nitriles is 1. The number of hydrogen-bond acceptors (Lipinski definition) is 4. The lowest BCUT2D eigenvalue weighted by Crippen LogP contribution is -2.52. The predicted octanol–water partition coefficient (Wildman–Crippen LogP) is 1.28. The van der Waals surface area contributed by atoms with Gasteiger partial charge >= 0.3 is 18.1 Å². The molecule has 30 heavy (non-hydrogen) atoms. The van der Waals surface area contributed by atoms with Gasteiger partial charge in [-0.05, 0) is 37.5 Å². The van der Waals surface area contributed by atoms with E-state index in [0.717, 1.165) is 0 Å². The summed E-state index contributed by atoms with van der Waals surface area (Å²) in [5, 5.41) is 9.15. The number of alkyl halides is 3. The molecule has 3 aliphatic rings. The first-order valence-electron chi connectivity index (χ1n) is 10.1. The van der Waals surface area contributed by atoms with Crippen LogP contribution >= 0.6 is 0 Å². The largest absolute Gasteiger partial charge is 0.471 e. The highest BCUT2D eigenvalue weighted by Crippen LogP contribution is 2.41. The van der Waals surface area contributed by atoms with E-state index in [1.165, 1.54) is 9.80 Å². The molecule has 1 aliphatic carbocycles. The van der Waals surface area contributed by atoms with Crippen molar-refractivity contribution in [2.24, 2.45) is 11.8 Å². The van der Waals surface area contributed by atoms with Crippen molar-refractivity contribution in [1.29, 1.82) is 5.26 Å². The Kier molecular flexibility index (Phi) is 6.15. The number of fused-ring (bicyclic) bond motifs is 1. The Labute approximate surface area is 173 Å². The van der Waals surface area contributed by atoms with Gasteiger partial charge in [0.25, 0.3) is 0 Å². The molecule has 1 saturated carbocycles. The molecule has 0 radical (unpaired) electrons. The maximum atomic E-state index is 13.2. The maximum Gasteiger partial charge on any atom is 0.471 e. The number of hydrogen-bond donors (Lipinski definition) is 0. The van der Waals surface area contributed by atoms with E-state index in [9.17, 15) is 27.6 Å². The molecule has 4 atom stereocenters. The molecule has 0 aromatic carbocycles. The van der Waals surface area contributed by atoms with Gasteiger partial charge < -0.3 is 19.6 Å². The maximum absolute atomic E-state index is 13.2. The molecule has 8 nitrogen and oxygen atoms in total. The number of carbonyl (C=O) groups is 3. The second-order valence-corrected chi connectivity index (χ2v) is 8.53. The quantitative estimate of drug-likeness (QED) is 0.676. The zero-order chi connectivity index (χ0) is 22.2. The minimum Gasteiger partial charge on any atom is -0.331 e. The second kappa shape index (κ2) is 8.32. The highest BCUT2D eigenvalue weighted by molar-refractivity contribution is 5.88. The Morgan fingerprint density at radius 1 is 1.13 bits per heavy atom. The number of halogens is 3. The number of amides is 4. The fourth-order valence-electron chi connectivity index (χ4n) is 4.93. The second-order valence-electron chi connectivity index (χ2n) is 8.53. The summed E-state index contributed by atoms with van der Waals surface area (Å²) >= 11 is 0. The average Bonchev–Trinajstić information content (AvgIpc) is 3.37. The van der Waals surface area contributed by atoms with Gasteiger partial charge in [0.05, 0.1) is 6.07 Å². The molecule has 0 N–H and O–H groups in total. The summed E-state index contributed by atoms with van der Waals surface area (Å²) in [5.74, 6) is -2.65. The lowest BCUT2D eigenvalue weighted by Gasteiger charge is -2.32. The molecule has 0 unspecified atom stereocenters. The lowest BCUT2D eigenvalue weighted by atomic mass is 10.0. The van der Waals surface area contributed by atoms with Gasteiger partial charge in [0.2, 0.25) is 5.91 Å². The number of nitrogens with zero attached hydrogens (tertiary/aromatic N) is 5. The van der Waals surface area contributed by atoms with Crippen molar-refractivity contribution in [2.75, 3.05) is 40.3 Å². The number of rotatable bonds is 3. The fourth-order valence-corrected chi connectivity index (χ4v) is 4.93. The Hall–Kier alpha value is -2.51. The summed E-state index contributed by atoms with van der Waals surface area (Å²) in [6.07, 6.45) is -3.35. The number of urea groups is 1. The van der Waals surface area contributed by atoms with Crippen LogP contribution in [0.4, 0.5) is 18.0 Å². The Morgan fingerprint density at radius 3 is 2.23 bits per heavy atom. The van der Waals surface area contributed by atoms with E-state index in [1.807, 2.05) is 6.07 Å². The zero-order valence-electron chi connectivity index (χ0n) is 17.1. The van der Waals surface area contributed by atoms with Crippen molar-refractivity contribution < 1.29 is 27.6 Å². The van der Waals surface area contributed by atoms with Crippen LogP contribution in [-0.4, -0.2) is 96.0 Å². The Bertz CT molecular complexity index is 737. The van der Waals surface area contributed by atoms with E-state index in [0.29, 0.717) is 50.2 Å². The van der Waals surface area contributed by atoms with Gasteiger partial charge in [-0.1, -0.05) is 0 Å². The molecule has 3 fully saturated rings. The predicted molar refractivity (Wildman–Crippen MR) is 98.8 cm³/mol. The van der Waals surface area contributed by atoms with Crippen molar-refractivity contribution in [2.45, 2.75) is 43.9 Å². The van der Waals surface area contributed by atoms with Crippen LogP contribution in [0.3, 0.4) is 0 Å². The van der Waals surface area contributed by atoms with Crippen LogP contribution in [0.2, 0.25) is 0 Å². The molecule has 4 amide bonds. The summed E-state index contributed by atoms with van der Waals surface area (Å²) in [5.41, 5.74) is 0. The summed E-state index contributed by atoms with van der Waals surface area (Å²) in [4.78, 5) is 41.9. The molecular formula is C19H26F3N5O3. The van der Waals surface area contributed by atoms with Gasteiger partial charge in [0.15, 0.2) is 0 Å². The zero-order valence-corrected chi connectivity index (χ0v) is 17.1. The number of likely N-dealkylation sites (tertiary alicyclic amines) is 2. The van der Waals surface area contributed by atoms with Crippen LogP contribution in [0, 0.1) is 23.2 Å². The van der Waals surface area contributed by atoms with Crippen LogP contribution < -0.4 is 0 Å². The third-order valence-corrected chi connectivity index (χ3v) is 6.35. The van der Waals surface area contributed by atoms with Crippen LogP contribution in [0.5, 0.6) is 0 Å². The van der Waals surface area contributed by atoms with Gasteiger partial charge in [-0.3, -0.25) is 9.59 Å². The van der Waals surface area contributed by atoms with Crippen molar-refractivity contribution >= 4 is 17.8 Å². The molecular weight excluding hydrogens is 403 g/mol. The SMILES string of the molecule is CN(C)C(=O)N1C[C@H]2C[C@@H](N(CC(=O)N3CCC[C@H]3C#N)C(=O)C(F)(F)F)C[C@H]2C1. The minimum absolute atomic E-state index is 0.00354. The summed E-state index contributed by atoms with van der Waals surface area (Å²) < 4.78 is 39.7. The molecule has 2 saturated heterocycles. The molecule has 0 spiro atoms. The molecule has 0 aromatic heterocycles. The topological polar surface area (TPSA) is 88.0 Å². The molecule has 11 heteroatoms. The normalized spacial score (nSPS) is 28.3. The lowest BCUT2D eigenvalue weighted by molar-refractivity contribution is -0.188. The van der Waals surface area contributed by atoms with Crippen molar-refractivity contribution in [3.05, 3.63) is 0 Å². The molecule has 3 rings (SSSR count). The van der Waals surface area contributed by atoms with E-state index in [1.54, 1.807) is 19.0 Å². The van der Waals surface area contributed by atoms with Crippen molar-refractivity contribution in [1.82, 2.24) is 19.6 Å². The van der Waals surface area contributed by atoms with Crippen LogP contribution in [-0.2, 0) is 9.59 Å². The van der Waals surface area contributed by atoms with E-state index >= 15 is 0 Å². The van der Waals surface area contributed by atoms with Gasteiger partial charge in [-0.2, -0.15) is 18.4 Å². The van der Waals surface area contributed by atoms with Crippen molar-refractivity contribution in [3.8, 4) is 6.07 Å². The third-order valence-electron chi connectivity index (χ3n) is 6.35. The fraction of sp³-hybridized carbons (Fsp3) is 0.789. The molecule has 166 valence electrons. The summed E-state index contributed by atoms with van der Waals surface area (Å²) in [7, 11) is 3.28. The van der Waals surface area contributed by atoms with Gasteiger partial charge in [-0.25, -0.2) is 4.79 Å². The summed E-state index contributed by atoms with van der Waals surface area (Å²) in [6, 6.07) is 0.481. The Morgan fingerprint density at radius 2 is 1.73 bits per heavy atom. The van der Waals surface area contributed by atoms with Gasteiger partial charge in [0.1, 0.15) is 12.6 Å². The molecule has 0 bridgehead atoms.